The summed E-state index contributed by atoms with van der Waals surface area (Å²) in [6.07, 6.45) is 0. The Morgan fingerprint density at radius 2 is 1.69 bits per heavy atom. The summed E-state index contributed by atoms with van der Waals surface area (Å²) in [5.41, 5.74) is -3.92. The maximum atomic E-state index is 11.8. The zero-order valence-electron chi connectivity index (χ0n) is 6.30. The van der Waals surface area contributed by atoms with Gasteiger partial charge < -0.3 is 0 Å². The van der Waals surface area contributed by atoms with Gasteiger partial charge in [-0.1, -0.05) is 0 Å². The molecular formula is C8H4F3NS. The zero-order valence-corrected chi connectivity index (χ0v) is 7.12. The van der Waals surface area contributed by atoms with Gasteiger partial charge >= 0.3 is 5.51 Å². The second-order valence-corrected chi connectivity index (χ2v) is 3.32. The Bertz CT molecular complexity index is 323. The quantitative estimate of drug-likeness (QED) is 0.653. The van der Waals surface area contributed by atoms with Crippen LogP contribution in [0.5, 0.6) is 0 Å². The van der Waals surface area contributed by atoms with Gasteiger partial charge in [-0.05, 0) is 36.0 Å². The van der Waals surface area contributed by atoms with Crippen LogP contribution in [-0.4, -0.2) is 5.51 Å². The summed E-state index contributed by atoms with van der Waals surface area (Å²) >= 11 is -0.189. The van der Waals surface area contributed by atoms with Gasteiger partial charge in [0, 0.05) is 4.90 Å². The first-order valence-electron chi connectivity index (χ1n) is 3.27. The van der Waals surface area contributed by atoms with E-state index in [0.717, 1.165) is 0 Å². The van der Waals surface area contributed by atoms with Crippen LogP contribution in [0.2, 0.25) is 0 Å². The van der Waals surface area contributed by atoms with Crippen LogP contribution in [0.25, 0.3) is 0 Å². The Labute approximate surface area is 77.2 Å². The van der Waals surface area contributed by atoms with Crippen molar-refractivity contribution in [3.63, 3.8) is 0 Å². The number of nitriles is 1. The molecule has 5 heteroatoms. The number of nitrogens with zero attached hydrogens (tertiary/aromatic N) is 1. The molecule has 0 aliphatic heterocycles. The molecule has 1 aromatic carbocycles. The van der Waals surface area contributed by atoms with E-state index < -0.39 is 5.51 Å². The van der Waals surface area contributed by atoms with Crippen molar-refractivity contribution in [1.29, 1.82) is 5.26 Å². The van der Waals surface area contributed by atoms with E-state index in [-0.39, 0.29) is 16.7 Å². The van der Waals surface area contributed by atoms with Gasteiger partial charge in [0.15, 0.2) is 0 Å². The molecule has 0 fully saturated rings. The summed E-state index contributed by atoms with van der Waals surface area (Å²) in [5, 5.41) is 8.38. The molecule has 0 radical (unpaired) electrons. The third-order valence-corrected chi connectivity index (χ3v) is 1.96. The van der Waals surface area contributed by atoms with Crippen molar-refractivity contribution in [1.82, 2.24) is 0 Å². The minimum Gasteiger partial charge on any atom is -0.192 e. The van der Waals surface area contributed by atoms with Crippen molar-refractivity contribution in [3.05, 3.63) is 29.8 Å². The fraction of sp³-hybridized carbons (Fsp3) is 0.125. The summed E-state index contributed by atoms with van der Waals surface area (Å²) in [5.74, 6) is 0. The Balaban J connectivity index is 2.77. The van der Waals surface area contributed by atoms with Gasteiger partial charge in [0.1, 0.15) is 0 Å². The van der Waals surface area contributed by atoms with Crippen molar-refractivity contribution < 1.29 is 13.2 Å². The number of halogens is 3. The fourth-order valence-corrected chi connectivity index (χ4v) is 1.27. The lowest BCUT2D eigenvalue weighted by molar-refractivity contribution is -0.0328. The van der Waals surface area contributed by atoms with Crippen LogP contribution in [0.15, 0.2) is 29.2 Å². The third kappa shape index (κ3) is 3.38. The van der Waals surface area contributed by atoms with Gasteiger partial charge in [0.05, 0.1) is 11.6 Å². The Hall–Kier alpha value is -1.15. The van der Waals surface area contributed by atoms with Gasteiger partial charge in [0.25, 0.3) is 0 Å². The molecule has 0 aromatic heterocycles. The molecule has 0 unspecified atom stereocenters. The van der Waals surface area contributed by atoms with E-state index in [2.05, 4.69) is 0 Å². The normalized spacial score (nSPS) is 10.9. The predicted molar refractivity (Wildman–Crippen MR) is 43.1 cm³/mol. The van der Waals surface area contributed by atoms with Gasteiger partial charge in [0.2, 0.25) is 0 Å². The van der Waals surface area contributed by atoms with E-state index in [1.54, 1.807) is 0 Å². The minimum absolute atomic E-state index is 0.0894. The average molecular weight is 202 g/mol. The van der Waals surface area contributed by atoms with Crippen LogP contribution < -0.4 is 0 Å². The lowest BCUT2D eigenvalue weighted by Crippen LogP contribution is -1.98. The SMILES string of the molecule is N#Cc1ccc(SC(F)(F)[18F])cc1. The van der Waals surface area contributed by atoms with E-state index in [1.807, 2.05) is 6.07 Å². The smallest absolute Gasteiger partial charge is 0.192 e. The molecule has 0 aliphatic carbocycles. The molecule has 1 nitrogen and oxygen atoms in total. The van der Waals surface area contributed by atoms with Crippen molar-refractivity contribution >= 4 is 11.8 Å². The monoisotopic (exact) mass is 202 g/mol. The largest absolute Gasteiger partial charge is 0.446 e. The fourth-order valence-electron chi connectivity index (χ4n) is 0.731. The summed E-state index contributed by atoms with van der Waals surface area (Å²) in [7, 11) is 0. The van der Waals surface area contributed by atoms with Crippen LogP contribution in [0.4, 0.5) is 13.2 Å². The lowest BCUT2D eigenvalue weighted by atomic mass is 10.2. The van der Waals surface area contributed by atoms with Crippen LogP contribution >= 0.6 is 11.8 Å². The van der Waals surface area contributed by atoms with E-state index in [1.165, 1.54) is 24.3 Å². The molecule has 0 heterocycles. The molecule has 0 spiro atoms. The van der Waals surface area contributed by atoms with Crippen LogP contribution in [0, 0.1) is 11.3 Å². The van der Waals surface area contributed by atoms with Gasteiger partial charge in [-0.3, -0.25) is 0 Å². The molecule has 0 amide bonds. The Morgan fingerprint density at radius 3 is 2.08 bits per heavy atom. The number of hydrogen-bond donors (Lipinski definition) is 0. The molecule has 1 rings (SSSR count). The minimum atomic E-state index is -4.27. The summed E-state index contributed by atoms with van der Waals surface area (Å²) in [6.45, 7) is 0. The zero-order chi connectivity index (χ0) is 9.90. The molecule has 0 bridgehead atoms. The van der Waals surface area contributed by atoms with Gasteiger partial charge in [-0.2, -0.15) is 18.4 Å². The predicted octanol–water partition coefficient (Wildman–Crippen LogP) is 3.17. The highest BCUT2D eigenvalue weighted by Crippen LogP contribution is 2.36. The number of alkyl halides is 3. The Morgan fingerprint density at radius 1 is 1.15 bits per heavy atom. The van der Waals surface area contributed by atoms with E-state index in [0.29, 0.717) is 5.56 Å². The average Bonchev–Trinajstić information content (AvgIpc) is 2.03. The van der Waals surface area contributed by atoms with Crippen LogP contribution in [-0.2, 0) is 0 Å². The molecule has 1 aromatic rings. The molecule has 0 atom stereocenters. The van der Waals surface area contributed by atoms with Gasteiger partial charge in [-0.25, -0.2) is 0 Å². The van der Waals surface area contributed by atoms with E-state index in [9.17, 15) is 13.2 Å². The maximum Gasteiger partial charge on any atom is 0.446 e. The van der Waals surface area contributed by atoms with Crippen molar-refractivity contribution in [2.24, 2.45) is 0 Å². The number of benzene rings is 1. The van der Waals surface area contributed by atoms with Crippen LogP contribution in [0.1, 0.15) is 5.56 Å². The Kier molecular flexibility index (Phi) is 2.83. The summed E-state index contributed by atoms with van der Waals surface area (Å²) in [4.78, 5) is 0.0894. The summed E-state index contributed by atoms with van der Waals surface area (Å²) in [6, 6.07) is 7.09. The molecule has 13 heavy (non-hydrogen) atoms. The molecular weight excluding hydrogens is 198 g/mol. The highest BCUT2D eigenvalue weighted by atomic mass is 32.2. The van der Waals surface area contributed by atoms with Crippen LogP contribution in [0.3, 0.4) is 0 Å². The lowest BCUT2D eigenvalue weighted by Gasteiger charge is -2.04. The second-order valence-electron chi connectivity index (χ2n) is 2.18. The first-order chi connectivity index (χ1) is 6.01. The number of hydrogen-bond acceptors (Lipinski definition) is 2. The molecule has 0 aliphatic rings. The first kappa shape index (κ1) is 9.93. The second kappa shape index (κ2) is 3.71. The number of thioether (sulfide) groups is 1. The number of rotatable bonds is 1. The first-order valence-corrected chi connectivity index (χ1v) is 4.09. The van der Waals surface area contributed by atoms with Crippen molar-refractivity contribution in [3.8, 4) is 6.07 Å². The van der Waals surface area contributed by atoms with Gasteiger partial charge in [-0.15, -0.1) is 0 Å². The highest BCUT2D eigenvalue weighted by molar-refractivity contribution is 8.00. The molecule has 0 saturated heterocycles. The van der Waals surface area contributed by atoms with E-state index >= 15 is 0 Å². The molecule has 0 N–H and O–H groups in total. The summed E-state index contributed by atoms with van der Waals surface area (Å²) < 4.78 is 35.5. The standard InChI is InChI=1S/C8H4F3NS/c9-8(10,11)13-7-3-1-6(5-12)2-4-7/h1-4H/i9-1. The van der Waals surface area contributed by atoms with E-state index in [4.69, 9.17) is 5.26 Å². The topological polar surface area (TPSA) is 23.8 Å². The highest BCUT2D eigenvalue weighted by Gasteiger charge is 2.28. The molecule has 68 valence electrons. The van der Waals surface area contributed by atoms with Crippen molar-refractivity contribution in [2.45, 2.75) is 10.4 Å². The third-order valence-electron chi connectivity index (χ3n) is 1.22. The van der Waals surface area contributed by atoms with Crippen molar-refractivity contribution in [2.75, 3.05) is 0 Å². The molecule has 0 saturated carbocycles. The maximum absolute atomic E-state index is 11.8.